The van der Waals surface area contributed by atoms with Crippen molar-refractivity contribution in [2.24, 2.45) is 5.73 Å². The van der Waals surface area contributed by atoms with Crippen LogP contribution in [-0.2, 0) is 6.18 Å². The van der Waals surface area contributed by atoms with E-state index >= 15 is 0 Å². The Kier molecular flexibility index (Phi) is 3.36. The van der Waals surface area contributed by atoms with Gasteiger partial charge in [0.05, 0.1) is 11.3 Å². The van der Waals surface area contributed by atoms with E-state index in [2.05, 4.69) is 15.9 Å². The molecule has 0 amide bonds. The van der Waals surface area contributed by atoms with E-state index in [-0.39, 0.29) is 6.04 Å². The van der Waals surface area contributed by atoms with Crippen molar-refractivity contribution in [3.05, 3.63) is 28.2 Å². The zero-order valence-electron chi connectivity index (χ0n) is 8.97. The molecule has 0 bridgehead atoms. The van der Waals surface area contributed by atoms with E-state index in [4.69, 9.17) is 5.73 Å². The molecule has 6 heteroatoms. The highest BCUT2D eigenvalue weighted by atomic mass is 79.9. The predicted molar refractivity (Wildman–Crippen MR) is 63.9 cm³/mol. The molecule has 1 unspecified atom stereocenters. The maximum atomic E-state index is 12.6. The van der Waals surface area contributed by atoms with Crippen molar-refractivity contribution in [3.8, 4) is 0 Å². The summed E-state index contributed by atoms with van der Waals surface area (Å²) in [6, 6.07) is 3.71. The summed E-state index contributed by atoms with van der Waals surface area (Å²) >= 11 is 3.28. The molecule has 1 aliphatic heterocycles. The van der Waals surface area contributed by atoms with Crippen LogP contribution in [0.4, 0.5) is 18.9 Å². The maximum Gasteiger partial charge on any atom is 0.416 e. The molecule has 17 heavy (non-hydrogen) atoms. The van der Waals surface area contributed by atoms with Crippen molar-refractivity contribution < 1.29 is 13.2 Å². The minimum atomic E-state index is -4.31. The van der Waals surface area contributed by atoms with Crippen LogP contribution >= 0.6 is 15.9 Å². The first kappa shape index (κ1) is 12.7. The van der Waals surface area contributed by atoms with Crippen LogP contribution in [-0.4, -0.2) is 19.1 Å². The van der Waals surface area contributed by atoms with Gasteiger partial charge in [0.1, 0.15) is 0 Å². The van der Waals surface area contributed by atoms with Crippen LogP contribution in [0.25, 0.3) is 0 Å². The molecule has 0 aromatic heterocycles. The van der Waals surface area contributed by atoms with E-state index in [9.17, 15) is 13.2 Å². The molecule has 1 atom stereocenters. The number of rotatable bonds is 1. The lowest BCUT2D eigenvalue weighted by Crippen LogP contribution is -2.26. The second-order valence-corrected chi connectivity index (χ2v) is 5.01. The highest BCUT2D eigenvalue weighted by Crippen LogP contribution is 2.36. The summed E-state index contributed by atoms with van der Waals surface area (Å²) in [5, 5.41) is 0. The molecule has 0 aliphatic carbocycles. The summed E-state index contributed by atoms with van der Waals surface area (Å²) in [4.78, 5) is 1.88. The maximum absolute atomic E-state index is 12.6. The topological polar surface area (TPSA) is 29.3 Å². The normalized spacial score (nSPS) is 21.0. The minimum Gasteiger partial charge on any atom is -0.369 e. The molecule has 0 spiro atoms. The van der Waals surface area contributed by atoms with Crippen molar-refractivity contribution in [1.82, 2.24) is 0 Å². The molecule has 2 N–H and O–H groups in total. The van der Waals surface area contributed by atoms with E-state index in [1.54, 1.807) is 0 Å². The van der Waals surface area contributed by atoms with Gasteiger partial charge in [-0.25, -0.2) is 0 Å². The Morgan fingerprint density at radius 1 is 1.35 bits per heavy atom. The van der Waals surface area contributed by atoms with Gasteiger partial charge in [-0.2, -0.15) is 13.2 Å². The lowest BCUT2D eigenvalue weighted by Gasteiger charge is -2.21. The van der Waals surface area contributed by atoms with Crippen molar-refractivity contribution in [3.63, 3.8) is 0 Å². The smallest absolute Gasteiger partial charge is 0.369 e. The summed E-state index contributed by atoms with van der Waals surface area (Å²) in [6.45, 7) is 1.29. The number of hydrogen-bond acceptors (Lipinski definition) is 2. The minimum absolute atomic E-state index is 0.0384. The second kappa shape index (κ2) is 4.49. The number of nitrogens with two attached hydrogens (primary N) is 1. The Morgan fingerprint density at radius 2 is 2.06 bits per heavy atom. The van der Waals surface area contributed by atoms with Crippen LogP contribution in [0.15, 0.2) is 22.7 Å². The van der Waals surface area contributed by atoms with E-state index in [0.717, 1.165) is 12.5 Å². The molecule has 1 saturated heterocycles. The van der Waals surface area contributed by atoms with Gasteiger partial charge in [0.25, 0.3) is 0 Å². The van der Waals surface area contributed by atoms with Gasteiger partial charge in [-0.15, -0.1) is 0 Å². The summed E-state index contributed by atoms with van der Waals surface area (Å²) in [6.07, 6.45) is -3.50. The standard InChI is InChI=1S/C11H12BrF3N2/c12-9-2-1-7(11(13,14)15)5-10(9)17-4-3-8(16)6-17/h1-2,5,8H,3-4,6,16H2. The predicted octanol–water partition coefficient (Wildman–Crippen LogP) is 3.01. The van der Waals surface area contributed by atoms with Crippen LogP contribution in [0.1, 0.15) is 12.0 Å². The lowest BCUT2D eigenvalue weighted by molar-refractivity contribution is -0.137. The number of hydrogen-bond donors (Lipinski definition) is 1. The van der Waals surface area contributed by atoms with Crippen LogP contribution in [0.3, 0.4) is 0 Å². The molecule has 1 aliphatic rings. The van der Waals surface area contributed by atoms with Crippen molar-refractivity contribution in [2.75, 3.05) is 18.0 Å². The Labute approximate surface area is 106 Å². The molecule has 0 radical (unpaired) electrons. The van der Waals surface area contributed by atoms with Crippen molar-refractivity contribution in [1.29, 1.82) is 0 Å². The number of alkyl halides is 3. The molecule has 1 fully saturated rings. The number of nitrogens with zero attached hydrogens (tertiary/aromatic N) is 1. The zero-order chi connectivity index (χ0) is 12.6. The second-order valence-electron chi connectivity index (χ2n) is 4.16. The molecule has 2 rings (SSSR count). The van der Waals surface area contributed by atoms with E-state index in [1.165, 1.54) is 12.1 Å². The van der Waals surface area contributed by atoms with E-state index in [1.807, 2.05) is 4.90 Å². The fourth-order valence-corrected chi connectivity index (χ4v) is 2.43. The van der Waals surface area contributed by atoms with Crippen LogP contribution in [0.5, 0.6) is 0 Å². The first-order valence-corrected chi connectivity index (χ1v) is 6.04. The first-order valence-electron chi connectivity index (χ1n) is 5.25. The fraction of sp³-hybridized carbons (Fsp3) is 0.455. The van der Waals surface area contributed by atoms with Crippen molar-refractivity contribution >= 4 is 21.6 Å². The Morgan fingerprint density at radius 3 is 2.59 bits per heavy atom. The average Bonchev–Trinajstić information content (AvgIpc) is 2.63. The monoisotopic (exact) mass is 308 g/mol. The first-order chi connectivity index (χ1) is 7.88. The highest BCUT2D eigenvalue weighted by molar-refractivity contribution is 9.10. The Balaban J connectivity index is 2.33. The van der Waals surface area contributed by atoms with Gasteiger partial charge >= 0.3 is 6.18 Å². The Hall–Kier alpha value is -0.750. The van der Waals surface area contributed by atoms with Crippen molar-refractivity contribution in [2.45, 2.75) is 18.6 Å². The zero-order valence-corrected chi connectivity index (χ0v) is 10.6. The highest BCUT2D eigenvalue weighted by Gasteiger charge is 2.32. The van der Waals surface area contributed by atoms with E-state index < -0.39 is 11.7 Å². The largest absolute Gasteiger partial charge is 0.416 e. The third-order valence-electron chi connectivity index (χ3n) is 2.84. The molecule has 94 valence electrons. The summed E-state index contributed by atoms with van der Waals surface area (Å²) < 4.78 is 38.5. The van der Waals surface area contributed by atoms with Gasteiger partial charge in [0, 0.05) is 23.6 Å². The third-order valence-corrected chi connectivity index (χ3v) is 3.51. The lowest BCUT2D eigenvalue weighted by atomic mass is 10.2. The van der Waals surface area contributed by atoms with E-state index in [0.29, 0.717) is 23.2 Å². The van der Waals surface area contributed by atoms with Gasteiger partial charge in [-0.1, -0.05) is 0 Å². The van der Waals surface area contributed by atoms with Crippen LogP contribution < -0.4 is 10.6 Å². The molecule has 1 aromatic carbocycles. The third kappa shape index (κ3) is 2.74. The van der Waals surface area contributed by atoms with Gasteiger partial charge in [-0.3, -0.25) is 0 Å². The van der Waals surface area contributed by atoms with Gasteiger partial charge in [0.15, 0.2) is 0 Å². The summed E-state index contributed by atoms with van der Waals surface area (Å²) in [5.41, 5.74) is 5.69. The van der Waals surface area contributed by atoms with Gasteiger partial charge in [0.2, 0.25) is 0 Å². The number of halogens is 4. The fourth-order valence-electron chi connectivity index (χ4n) is 1.94. The quantitative estimate of drug-likeness (QED) is 0.864. The number of benzene rings is 1. The molecule has 1 heterocycles. The molecular weight excluding hydrogens is 297 g/mol. The number of anilines is 1. The molecule has 1 aromatic rings. The van der Waals surface area contributed by atoms with Gasteiger partial charge < -0.3 is 10.6 Å². The molecule has 2 nitrogen and oxygen atoms in total. The van der Waals surface area contributed by atoms with Crippen LogP contribution in [0, 0.1) is 0 Å². The summed E-state index contributed by atoms with van der Waals surface area (Å²) in [5.74, 6) is 0. The SMILES string of the molecule is NC1CCN(c2cc(C(F)(F)F)ccc2Br)C1. The summed E-state index contributed by atoms with van der Waals surface area (Å²) in [7, 11) is 0. The van der Waals surface area contributed by atoms with Crippen LogP contribution in [0.2, 0.25) is 0 Å². The Bertz CT molecular complexity index is 420. The molecular formula is C11H12BrF3N2. The molecule has 0 saturated carbocycles. The van der Waals surface area contributed by atoms with Gasteiger partial charge in [-0.05, 0) is 40.5 Å². The average molecular weight is 309 g/mol.